The standard InChI is InChI=1S/C22H16O4S/c1-13-5-3-6-15(11-13)12-18-20(23)16-8-9-17(14(2)21(16)25-18)26-22(24)19-7-4-10-27-19/h3-12H,1-2H3/b18-12-. The molecule has 0 saturated carbocycles. The molecule has 4 rings (SSSR count). The maximum atomic E-state index is 12.7. The molecule has 0 aliphatic carbocycles. The normalized spacial score (nSPS) is 14.1. The van der Waals surface area contributed by atoms with Crippen LogP contribution in [0.3, 0.4) is 0 Å². The highest BCUT2D eigenvalue weighted by Crippen LogP contribution is 2.39. The van der Waals surface area contributed by atoms with Crippen LogP contribution in [0.15, 0.2) is 59.7 Å². The van der Waals surface area contributed by atoms with Gasteiger partial charge in [0.05, 0.1) is 5.56 Å². The van der Waals surface area contributed by atoms with Crippen molar-refractivity contribution in [3.05, 3.63) is 86.8 Å². The number of esters is 1. The molecule has 2 heterocycles. The highest BCUT2D eigenvalue weighted by atomic mass is 32.1. The smallest absolute Gasteiger partial charge is 0.353 e. The van der Waals surface area contributed by atoms with Crippen LogP contribution in [0, 0.1) is 13.8 Å². The second-order valence-corrected chi connectivity index (χ2v) is 7.23. The number of ketones is 1. The first-order valence-corrected chi connectivity index (χ1v) is 9.31. The average molecular weight is 376 g/mol. The Hall–Kier alpha value is -3.18. The van der Waals surface area contributed by atoms with Crippen molar-refractivity contribution in [2.24, 2.45) is 0 Å². The Kier molecular flexibility index (Phi) is 4.38. The van der Waals surface area contributed by atoms with Gasteiger partial charge in [0, 0.05) is 5.56 Å². The zero-order valence-corrected chi connectivity index (χ0v) is 15.6. The lowest BCUT2D eigenvalue weighted by molar-refractivity contribution is 0.0738. The van der Waals surface area contributed by atoms with E-state index in [1.54, 1.807) is 37.3 Å². The third-order valence-electron chi connectivity index (χ3n) is 4.30. The van der Waals surface area contributed by atoms with E-state index in [1.807, 2.05) is 36.6 Å². The van der Waals surface area contributed by atoms with Gasteiger partial charge in [0.2, 0.25) is 5.78 Å². The fraction of sp³-hybridized carbons (Fsp3) is 0.0909. The van der Waals surface area contributed by atoms with Crippen LogP contribution in [0.5, 0.6) is 11.5 Å². The van der Waals surface area contributed by atoms with Crippen molar-refractivity contribution >= 4 is 29.2 Å². The maximum absolute atomic E-state index is 12.7. The molecule has 5 heteroatoms. The molecule has 3 aromatic rings. The van der Waals surface area contributed by atoms with Gasteiger partial charge in [-0.05, 0) is 49.1 Å². The Labute approximate surface area is 160 Å². The van der Waals surface area contributed by atoms with Crippen LogP contribution in [0.4, 0.5) is 0 Å². The number of hydrogen-bond donors (Lipinski definition) is 0. The number of fused-ring (bicyclic) bond motifs is 1. The van der Waals surface area contributed by atoms with Gasteiger partial charge in [0.25, 0.3) is 0 Å². The molecule has 0 atom stereocenters. The number of aryl methyl sites for hydroxylation is 1. The number of ether oxygens (including phenoxy) is 2. The summed E-state index contributed by atoms with van der Waals surface area (Å²) in [5.41, 5.74) is 3.10. The zero-order chi connectivity index (χ0) is 19.0. The summed E-state index contributed by atoms with van der Waals surface area (Å²) in [6.07, 6.45) is 1.73. The number of benzene rings is 2. The van der Waals surface area contributed by atoms with Crippen LogP contribution in [0.25, 0.3) is 6.08 Å². The third kappa shape index (κ3) is 3.29. The molecular formula is C22H16O4S. The van der Waals surface area contributed by atoms with E-state index < -0.39 is 5.97 Å². The second-order valence-electron chi connectivity index (χ2n) is 6.29. The Morgan fingerprint density at radius 1 is 1.11 bits per heavy atom. The van der Waals surface area contributed by atoms with Crippen LogP contribution in [0.1, 0.15) is 36.7 Å². The lowest BCUT2D eigenvalue weighted by Crippen LogP contribution is -2.07. The van der Waals surface area contributed by atoms with Crippen LogP contribution in [-0.4, -0.2) is 11.8 Å². The van der Waals surface area contributed by atoms with E-state index in [2.05, 4.69) is 0 Å². The summed E-state index contributed by atoms with van der Waals surface area (Å²) in [4.78, 5) is 25.4. The number of carbonyl (C=O) groups excluding carboxylic acids is 2. The number of rotatable bonds is 3. The highest BCUT2D eigenvalue weighted by Gasteiger charge is 2.30. The minimum Gasteiger partial charge on any atom is -0.452 e. The fourth-order valence-electron chi connectivity index (χ4n) is 2.93. The molecule has 0 fully saturated rings. The lowest BCUT2D eigenvalue weighted by Gasteiger charge is -2.09. The summed E-state index contributed by atoms with van der Waals surface area (Å²) >= 11 is 1.32. The number of hydrogen-bond acceptors (Lipinski definition) is 5. The minimum absolute atomic E-state index is 0.175. The summed E-state index contributed by atoms with van der Waals surface area (Å²) in [5.74, 6) is 0.492. The van der Waals surface area contributed by atoms with Crippen LogP contribution >= 0.6 is 11.3 Å². The van der Waals surface area contributed by atoms with Gasteiger partial charge in [-0.3, -0.25) is 4.79 Å². The van der Waals surface area contributed by atoms with Gasteiger partial charge < -0.3 is 9.47 Å². The first kappa shape index (κ1) is 17.2. The van der Waals surface area contributed by atoms with Crippen molar-refractivity contribution in [1.82, 2.24) is 0 Å². The monoisotopic (exact) mass is 376 g/mol. The van der Waals surface area contributed by atoms with E-state index in [1.165, 1.54) is 11.3 Å². The lowest BCUT2D eigenvalue weighted by atomic mass is 10.1. The molecule has 0 amide bonds. The summed E-state index contributed by atoms with van der Waals surface area (Å²) in [7, 11) is 0. The van der Waals surface area contributed by atoms with E-state index in [0.29, 0.717) is 27.5 Å². The van der Waals surface area contributed by atoms with Gasteiger partial charge in [-0.1, -0.05) is 35.9 Å². The molecular weight excluding hydrogens is 360 g/mol. The van der Waals surface area contributed by atoms with E-state index in [0.717, 1.165) is 11.1 Å². The van der Waals surface area contributed by atoms with Crippen molar-refractivity contribution in [3.63, 3.8) is 0 Å². The molecule has 4 nitrogen and oxygen atoms in total. The largest absolute Gasteiger partial charge is 0.452 e. The number of Topliss-reactive ketones (excluding diaryl/α,β-unsaturated/α-hetero) is 1. The van der Waals surface area contributed by atoms with Gasteiger partial charge >= 0.3 is 5.97 Å². The summed E-state index contributed by atoms with van der Waals surface area (Å²) < 4.78 is 11.3. The molecule has 0 spiro atoms. The predicted molar refractivity (Wildman–Crippen MR) is 105 cm³/mol. The minimum atomic E-state index is -0.423. The van der Waals surface area contributed by atoms with Gasteiger partial charge in [0.15, 0.2) is 5.76 Å². The Bertz CT molecular complexity index is 1080. The Morgan fingerprint density at radius 2 is 1.96 bits per heavy atom. The first-order chi connectivity index (χ1) is 13.0. The molecule has 1 aromatic heterocycles. The van der Waals surface area contributed by atoms with E-state index >= 15 is 0 Å². The predicted octanol–water partition coefficient (Wildman–Crippen LogP) is 5.20. The van der Waals surface area contributed by atoms with Crippen molar-refractivity contribution in [2.45, 2.75) is 13.8 Å². The first-order valence-electron chi connectivity index (χ1n) is 8.43. The van der Waals surface area contributed by atoms with Crippen molar-refractivity contribution in [1.29, 1.82) is 0 Å². The SMILES string of the molecule is Cc1cccc(/C=C2\Oc3c(ccc(OC(=O)c4cccs4)c3C)C2=O)c1. The fourth-order valence-corrected chi connectivity index (χ4v) is 3.53. The molecule has 0 saturated heterocycles. The van der Waals surface area contributed by atoms with Crippen LogP contribution in [-0.2, 0) is 0 Å². The molecule has 134 valence electrons. The third-order valence-corrected chi connectivity index (χ3v) is 5.15. The van der Waals surface area contributed by atoms with Crippen molar-refractivity contribution in [3.8, 4) is 11.5 Å². The van der Waals surface area contributed by atoms with Gasteiger partial charge in [-0.15, -0.1) is 11.3 Å². The summed E-state index contributed by atoms with van der Waals surface area (Å²) in [5, 5.41) is 1.82. The highest BCUT2D eigenvalue weighted by molar-refractivity contribution is 7.12. The van der Waals surface area contributed by atoms with Gasteiger partial charge in [0.1, 0.15) is 16.4 Å². The van der Waals surface area contributed by atoms with Crippen molar-refractivity contribution in [2.75, 3.05) is 0 Å². The number of thiophene rings is 1. The van der Waals surface area contributed by atoms with E-state index in [4.69, 9.17) is 9.47 Å². The zero-order valence-electron chi connectivity index (χ0n) is 14.8. The number of carbonyl (C=O) groups is 2. The van der Waals surface area contributed by atoms with Crippen LogP contribution < -0.4 is 9.47 Å². The maximum Gasteiger partial charge on any atom is 0.353 e. The molecule has 0 radical (unpaired) electrons. The van der Waals surface area contributed by atoms with Gasteiger partial charge in [-0.25, -0.2) is 4.79 Å². The summed E-state index contributed by atoms with van der Waals surface area (Å²) in [6.45, 7) is 3.77. The molecule has 0 bridgehead atoms. The summed E-state index contributed by atoms with van der Waals surface area (Å²) in [6, 6.07) is 14.6. The second kappa shape index (κ2) is 6.85. The molecule has 27 heavy (non-hydrogen) atoms. The van der Waals surface area contributed by atoms with E-state index in [9.17, 15) is 9.59 Å². The molecule has 0 N–H and O–H groups in total. The van der Waals surface area contributed by atoms with Gasteiger partial charge in [-0.2, -0.15) is 0 Å². The molecule has 2 aromatic carbocycles. The Morgan fingerprint density at radius 3 is 2.70 bits per heavy atom. The van der Waals surface area contributed by atoms with Crippen molar-refractivity contribution < 1.29 is 19.1 Å². The molecule has 1 aliphatic heterocycles. The molecule has 0 unspecified atom stereocenters. The van der Waals surface area contributed by atoms with Crippen LogP contribution in [0.2, 0.25) is 0 Å². The Balaban J connectivity index is 1.64. The topological polar surface area (TPSA) is 52.6 Å². The molecule has 1 aliphatic rings. The quantitative estimate of drug-likeness (QED) is 0.358. The van der Waals surface area contributed by atoms with E-state index in [-0.39, 0.29) is 11.5 Å². The average Bonchev–Trinajstić information content (AvgIpc) is 3.28. The number of allylic oxidation sites excluding steroid dienone is 1.